The van der Waals surface area contributed by atoms with Crippen LogP contribution >= 0.6 is 0 Å². The van der Waals surface area contributed by atoms with E-state index in [0.717, 1.165) is 25.0 Å². The summed E-state index contributed by atoms with van der Waals surface area (Å²) in [6.45, 7) is 3.93. The molecule has 19 heavy (non-hydrogen) atoms. The van der Waals surface area contributed by atoms with Gasteiger partial charge in [-0.15, -0.1) is 0 Å². The molecule has 0 amide bonds. The standard InChI is InChI=1S/C13H23N3O2S/c1-3-6-16(10-11-4-5-11)19(17,18)13-7-12(8-14-2)15-9-13/h7,9,11,14-15H,3-6,8,10H2,1-2H3. The molecule has 1 aliphatic rings. The Morgan fingerprint density at radius 3 is 2.79 bits per heavy atom. The van der Waals surface area contributed by atoms with E-state index in [9.17, 15) is 8.42 Å². The molecule has 0 aromatic carbocycles. The number of H-pyrrole nitrogens is 1. The summed E-state index contributed by atoms with van der Waals surface area (Å²) in [5, 5.41) is 3.01. The molecule has 0 radical (unpaired) electrons. The Labute approximate surface area is 115 Å². The first-order valence-corrected chi connectivity index (χ1v) is 8.34. The third-order valence-electron chi connectivity index (χ3n) is 3.35. The van der Waals surface area contributed by atoms with Gasteiger partial charge in [0.2, 0.25) is 10.0 Å². The van der Waals surface area contributed by atoms with Gasteiger partial charge in [0.05, 0.1) is 4.90 Å². The van der Waals surface area contributed by atoms with Crippen LogP contribution in [0.25, 0.3) is 0 Å². The number of rotatable bonds is 8. The van der Waals surface area contributed by atoms with Crippen LogP contribution in [-0.2, 0) is 16.6 Å². The van der Waals surface area contributed by atoms with Crippen molar-refractivity contribution in [3.8, 4) is 0 Å². The van der Waals surface area contributed by atoms with Gasteiger partial charge in [-0.1, -0.05) is 6.92 Å². The number of nitrogens with zero attached hydrogens (tertiary/aromatic N) is 1. The van der Waals surface area contributed by atoms with Gasteiger partial charge in [0.1, 0.15) is 0 Å². The zero-order chi connectivity index (χ0) is 13.9. The molecule has 108 valence electrons. The molecule has 6 heteroatoms. The van der Waals surface area contributed by atoms with E-state index in [0.29, 0.717) is 30.4 Å². The maximum absolute atomic E-state index is 12.6. The summed E-state index contributed by atoms with van der Waals surface area (Å²) in [5.74, 6) is 0.567. The predicted octanol–water partition coefficient (Wildman–Crippen LogP) is 1.54. The van der Waals surface area contributed by atoms with E-state index in [1.54, 1.807) is 16.6 Å². The van der Waals surface area contributed by atoms with Crippen molar-refractivity contribution in [3.63, 3.8) is 0 Å². The van der Waals surface area contributed by atoms with Gasteiger partial charge in [0.25, 0.3) is 0 Å². The van der Waals surface area contributed by atoms with Crippen molar-refractivity contribution < 1.29 is 8.42 Å². The third-order valence-corrected chi connectivity index (χ3v) is 5.20. The molecule has 0 aliphatic heterocycles. The summed E-state index contributed by atoms with van der Waals surface area (Å²) in [4.78, 5) is 3.39. The van der Waals surface area contributed by atoms with Crippen LogP contribution in [0.5, 0.6) is 0 Å². The fourth-order valence-corrected chi connectivity index (χ4v) is 3.78. The van der Waals surface area contributed by atoms with Crippen LogP contribution in [0, 0.1) is 5.92 Å². The van der Waals surface area contributed by atoms with E-state index >= 15 is 0 Å². The highest BCUT2D eigenvalue weighted by atomic mass is 32.2. The molecule has 1 fully saturated rings. The largest absolute Gasteiger partial charge is 0.363 e. The summed E-state index contributed by atoms with van der Waals surface area (Å²) in [5.41, 5.74) is 0.893. The van der Waals surface area contributed by atoms with E-state index in [1.807, 2.05) is 14.0 Å². The average Bonchev–Trinajstić information content (AvgIpc) is 3.05. The SMILES string of the molecule is CCCN(CC1CC1)S(=O)(=O)c1c[nH]c(CNC)c1. The zero-order valence-corrected chi connectivity index (χ0v) is 12.5. The van der Waals surface area contributed by atoms with Gasteiger partial charge in [-0.25, -0.2) is 8.42 Å². The van der Waals surface area contributed by atoms with Crippen molar-refractivity contribution in [3.05, 3.63) is 18.0 Å². The van der Waals surface area contributed by atoms with Crippen LogP contribution in [0.1, 0.15) is 31.9 Å². The maximum atomic E-state index is 12.6. The van der Waals surface area contributed by atoms with Crippen LogP contribution in [0.15, 0.2) is 17.2 Å². The number of nitrogens with one attached hydrogen (secondary N) is 2. The molecule has 1 aliphatic carbocycles. The quantitative estimate of drug-likeness (QED) is 0.761. The van der Waals surface area contributed by atoms with Crippen molar-refractivity contribution in [2.24, 2.45) is 5.92 Å². The minimum atomic E-state index is -3.34. The average molecular weight is 285 g/mol. The van der Waals surface area contributed by atoms with Crippen molar-refractivity contribution >= 4 is 10.0 Å². The van der Waals surface area contributed by atoms with Crippen LogP contribution in [0.3, 0.4) is 0 Å². The second kappa shape index (κ2) is 6.07. The Bertz CT molecular complexity index is 506. The maximum Gasteiger partial charge on any atom is 0.244 e. The molecule has 2 N–H and O–H groups in total. The topological polar surface area (TPSA) is 65.2 Å². The molecule has 0 spiro atoms. The number of sulfonamides is 1. The lowest BCUT2D eigenvalue weighted by Gasteiger charge is -2.20. The summed E-state index contributed by atoms with van der Waals surface area (Å²) >= 11 is 0. The molecular weight excluding hydrogens is 262 g/mol. The Balaban J connectivity index is 2.16. The van der Waals surface area contributed by atoms with Crippen LogP contribution in [-0.4, -0.2) is 37.8 Å². The summed E-state index contributed by atoms with van der Waals surface area (Å²) in [7, 11) is -1.50. The van der Waals surface area contributed by atoms with Crippen molar-refractivity contribution in [2.45, 2.75) is 37.6 Å². The van der Waals surface area contributed by atoms with Gasteiger partial charge in [-0.05, 0) is 38.3 Å². The van der Waals surface area contributed by atoms with Crippen LogP contribution in [0.4, 0.5) is 0 Å². The van der Waals surface area contributed by atoms with E-state index in [4.69, 9.17) is 0 Å². The number of aromatic nitrogens is 1. The van der Waals surface area contributed by atoms with Gasteiger partial charge in [0.15, 0.2) is 0 Å². The molecule has 2 rings (SSSR count). The van der Waals surface area contributed by atoms with E-state index in [-0.39, 0.29) is 0 Å². The molecule has 1 aromatic rings. The van der Waals surface area contributed by atoms with Gasteiger partial charge < -0.3 is 10.3 Å². The molecule has 0 bridgehead atoms. The molecular formula is C13H23N3O2S. The minimum absolute atomic E-state index is 0.381. The zero-order valence-electron chi connectivity index (χ0n) is 11.6. The van der Waals surface area contributed by atoms with Crippen LogP contribution < -0.4 is 5.32 Å². The highest BCUT2D eigenvalue weighted by Crippen LogP contribution is 2.31. The Kier molecular flexibility index (Phi) is 4.65. The van der Waals surface area contributed by atoms with Crippen molar-refractivity contribution in [2.75, 3.05) is 20.1 Å². The molecule has 0 unspecified atom stereocenters. The highest BCUT2D eigenvalue weighted by molar-refractivity contribution is 7.89. The first-order valence-electron chi connectivity index (χ1n) is 6.90. The molecule has 1 aromatic heterocycles. The van der Waals surface area contributed by atoms with Gasteiger partial charge in [0, 0.05) is 31.5 Å². The van der Waals surface area contributed by atoms with Crippen molar-refractivity contribution in [1.82, 2.24) is 14.6 Å². The predicted molar refractivity (Wildman–Crippen MR) is 75.3 cm³/mol. The summed E-state index contributed by atoms with van der Waals surface area (Å²) in [6.07, 6.45) is 4.76. The van der Waals surface area contributed by atoms with Crippen molar-refractivity contribution in [1.29, 1.82) is 0 Å². The monoisotopic (exact) mass is 285 g/mol. The van der Waals surface area contributed by atoms with E-state index in [1.165, 1.54) is 0 Å². The van der Waals surface area contributed by atoms with E-state index in [2.05, 4.69) is 10.3 Å². The number of hydrogen-bond acceptors (Lipinski definition) is 3. The third kappa shape index (κ3) is 3.58. The molecule has 1 heterocycles. The van der Waals surface area contributed by atoms with Gasteiger partial charge in [-0.2, -0.15) is 4.31 Å². The molecule has 5 nitrogen and oxygen atoms in total. The lowest BCUT2D eigenvalue weighted by atomic mass is 10.4. The molecule has 0 atom stereocenters. The fraction of sp³-hybridized carbons (Fsp3) is 0.692. The minimum Gasteiger partial charge on any atom is -0.363 e. The first kappa shape index (κ1) is 14.6. The van der Waals surface area contributed by atoms with Gasteiger partial charge in [-0.3, -0.25) is 0 Å². The lowest BCUT2D eigenvalue weighted by Crippen LogP contribution is -2.33. The normalized spacial score (nSPS) is 16.2. The second-order valence-electron chi connectivity index (χ2n) is 5.20. The summed E-state index contributed by atoms with van der Waals surface area (Å²) in [6, 6.07) is 1.72. The highest BCUT2D eigenvalue weighted by Gasteiger charge is 2.31. The lowest BCUT2D eigenvalue weighted by molar-refractivity contribution is 0.396. The number of aromatic amines is 1. The van der Waals surface area contributed by atoms with E-state index < -0.39 is 10.0 Å². The summed E-state index contributed by atoms with van der Waals surface area (Å²) < 4.78 is 26.8. The van der Waals surface area contributed by atoms with Gasteiger partial charge >= 0.3 is 0 Å². The fourth-order valence-electron chi connectivity index (χ4n) is 2.16. The molecule has 1 saturated carbocycles. The Hall–Kier alpha value is -0.850. The molecule has 0 saturated heterocycles. The second-order valence-corrected chi connectivity index (χ2v) is 7.14. The smallest absolute Gasteiger partial charge is 0.244 e. The number of hydrogen-bond donors (Lipinski definition) is 2. The Morgan fingerprint density at radius 2 is 2.21 bits per heavy atom. The van der Waals surface area contributed by atoms with Crippen LogP contribution in [0.2, 0.25) is 0 Å². The Morgan fingerprint density at radius 1 is 1.47 bits per heavy atom. The first-order chi connectivity index (χ1) is 9.07.